The minimum atomic E-state index is -4.35. The van der Waals surface area contributed by atoms with E-state index < -0.39 is 11.7 Å². The van der Waals surface area contributed by atoms with E-state index in [9.17, 15) is 13.2 Å². The number of nitrogens with one attached hydrogen (secondary N) is 1. The third-order valence-corrected chi connectivity index (χ3v) is 4.93. The van der Waals surface area contributed by atoms with Crippen molar-refractivity contribution in [3.8, 4) is 0 Å². The minimum Gasteiger partial charge on any atom is -0.365 e. The lowest BCUT2D eigenvalue weighted by Crippen LogP contribution is -2.25. The van der Waals surface area contributed by atoms with Gasteiger partial charge in [-0.05, 0) is 43.5 Å². The zero-order valence-electron chi connectivity index (χ0n) is 14.2. The number of rotatable bonds is 3. The van der Waals surface area contributed by atoms with Gasteiger partial charge in [0.15, 0.2) is 11.5 Å². The van der Waals surface area contributed by atoms with E-state index in [-0.39, 0.29) is 12.0 Å². The fourth-order valence-electron chi connectivity index (χ4n) is 3.75. The molecule has 0 bridgehead atoms. The van der Waals surface area contributed by atoms with Crippen LogP contribution < -0.4 is 5.32 Å². The van der Waals surface area contributed by atoms with Crippen LogP contribution >= 0.6 is 0 Å². The Bertz CT molecular complexity index is 934. The molecule has 1 aliphatic carbocycles. The SMILES string of the molecule is Cc1nnc2ccc(NC3CCCC3c3ccccc3C(F)(F)F)nn12. The summed E-state index contributed by atoms with van der Waals surface area (Å²) in [5, 5.41) is 15.7. The predicted molar refractivity (Wildman–Crippen MR) is 91.0 cm³/mol. The molecule has 0 radical (unpaired) electrons. The second-order valence-electron chi connectivity index (χ2n) is 6.61. The zero-order valence-corrected chi connectivity index (χ0v) is 14.2. The van der Waals surface area contributed by atoms with Crippen molar-refractivity contribution in [2.75, 3.05) is 5.32 Å². The van der Waals surface area contributed by atoms with Crippen molar-refractivity contribution in [2.24, 2.45) is 0 Å². The van der Waals surface area contributed by atoms with E-state index in [1.165, 1.54) is 6.07 Å². The molecule has 1 aromatic carbocycles. The molecule has 8 heteroatoms. The summed E-state index contributed by atoms with van der Waals surface area (Å²) in [6.45, 7) is 1.80. The number of anilines is 1. The molecule has 26 heavy (non-hydrogen) atoms. The Morgan fingerprint density at radius 2 is 1.88 bits per heavy atom. The van der Waals surface area contributed by atoms with Gasteiger partial charge in [0.25, 0.3) is 0 Å². The fourth-order valence-corrected chi connectivity index (χ4v) is 3.75. The van der Waals surface area contributed by atoms with E-state index in [1.54, 1.807) is 35.7 Å². The maximum absolute atomic E-state index is 13.4. The minimum absolute atomic E-state index is 0.0970. The highest BCUT2D eigenvalue weighted by atomic mass is 19.4. The first-order chi connectivity index (χ1) is 12.4. The number of hydrogen-bond donors (Lipinski definition) is 1. The molecular formula is C18H18F3N5. The molecule has 1 aliphatic rings. The Balaban J connectivity index is 1.64. The molecule has 0 saturated heterocycles. The molecule has 2 atom stereocenters. The summed E-state index contributed by atoms with van der Waals surface area (Å²) in [6.07, 6.45) is -1.95. The summed E-state index contributed by atoms with van der Waals surface area (Å²) in [5.41, 5.74) is 0.451. The molecule has 1 saturated carbocycles. The normalized spacial score (nSPS) is 20.6. The van der Waals surface area contributed by atoms with Crippen molar-refractivity contribution in [1.82, 2.24) is 19.8 Å². The Hall–Kier alpha value is -2.64. The largest absolute Gasteiger partial charge is 0.416 e. The van der Waals surface area contributed by atoms with Gasteiger partial charge >= 0.3 is 6.18 Å². The van der Waals surface area contributed by atoms with Crippen molar-refractivity contribution in [2.45, 2.75) is 44.3 Å². The van der Waals surface area contributed by atoms with Gasteiger partial charge in [-0.25, -0.2) is 0 Å². The second-order valence-corrected chi connectivity index (χ2v) is 6.61. The van der Waals surface area contributed by atoms with Gasteiger partial charge in [0.1, 0.15) is 5.82 Å². The highest BCUT2D eigenvalue weighted by Crippen LogP contribution is 2.42. The first-order valence-electron chi connectivity index (χ1n) is 8.55. The summed E-state index contributed by atoms with van der Waals surface area (Å²) in [5.74, 6) is 1.07. The van der Waals surface area contributed by atoms with E-state index in [1.807, 2.05) is 0 Å². The number of fused-ring (bicyclic) bond motifs is 1. The van der Waals surface area contributed by atoms with Crippen LogP contribution in [0.15, 0.2) is 36.4 Å². The Morgan fingerprint density at radius 3 is 2.69 bits per heavy atom. The summed E-state index contributed by atoms with van der Waals surface area (Å²) < 4.78 is 41.8. The third-order valence-electron chi connectivity index (χ3n) is 4.93. The number of halogens is 3. The first-order valence-corrected chi connectivity index (χ1v) is 8.55. The smallest absolute Gasteiger partial charge is 0.365 e. The summed E-state index contributed by atoms with van der Waals surface area (Å²) >= 11 is 0. The summed E-state index contributed by atoms with van der Waals surface area (Å²) in [4.78, 5) is 0. The third kappa shape index (κ3) is 3.00. The van der Waals surface area contributed by atoms with Crippen molar-refractivity contribution in [1.29, 1.82) is 0 Å². The molecule has 0 spiro atoms. The fraction of sp³-hybridized carbons (Fsp3) is 0.389. The second kappa shape index (κ2) is 6.26. The van der Waals surface area contributed by atoms with Crippen LogP contribution in [0.2, 0.25) is 0 Å². The van der Waals surface area contributed by atoms with E-state index in [4.69, 9.17) is 0 Å². The zero-order chi connectivity index (χ0) is 18.3. The lowest BCUT2D eigenvalue weighted by atomic mass is 9.90. The molecule has 2 heterocycles. The summed E-state index contributed by atoms with van der Waals surface area (Å²) in [7, 11) is 0. The van der Waals surface area contributed by atoms with Crippen molar-refractivity contribution < 1.29 is 13.2 Å². The molecule has 4 rings (SSSR count). The van der Waals surface area contributed by atoms with Crippen molar-refractivity contribution >= 4 is 11.5 Å². The van der Waals surface area contributed by atoms with Gasteiger partial charge in [0.2, 0.25) is 0 Å². The molecule has 0 aliphatic heterocycles. The number of aromatic nitrogens is 4. The number of benzene rings is 1. The number of aryl methyl sites for hydroxylation is 1. The molecular weight excluding hydrogens is 343 g/mol. The van der Waals surface area contributed by atoms with Crippen LogP contribution in [0.5, 0.6) is 0 Å². The van der Waals surface area contributed by atoms with Gasteiger partial charge in [-0.1, -0.05) is 24.6 Å². The number of nitrogens with zero attached hydrogens (tertiary/aromatic N) is 4. The number of hydrogen-bond acceptors (Lipinski definition) is 4. The van der Waals surface area contributed by atoms with Crippen LogP contribution in [-0.2, 0) is 6.18 Å². The quantitative estimate of drug-likeness (QED) is 0.760. The van der Waals surface area contributed by atoms with Crippen LogP contribution in [0, 0.1) is 6.92 Å². The molecule has 0 amide bonds. The highest BCUT2D eigenvalue weighted by molar-refractivity contribution is 5.46. The number of alkyl halides is 3. The monoisotopic (exact) mass is 361 g/mol. The predicted octanol–water partition coefficient (Wildman–Crippen LogP) is 4.20. The Morgan fingerprint density at radius 1 is 1.08 bits per heavy atom. The van der Waals surface area contributed by atoms with Gasteiger partial charge in [-0.3, -0.25) is 0 Å². The van der Waals surface area contributed by atoms with Gasteiger partial charge in [0.05, 0.1) is 5.56 Å². The maximum Gasteiger partial charge on any atom is 0.416 e. The van der Waals surface area contributed by atoms with E-state index in [0.29, 0.717) is 22.9 Å². The lowest BCUT2D eigenvalue weighted by molar-refractivity contribution is -0.138. The van der Waals surface area contributed by atoms with Gasteiger partial charge in [-0.2, -0.15) is 17.7 Å². The van der Waals surface area contributed by atoms with Crippen LogP contribution in [0.25, 0.3) is 5.65 Å². The maximum atomic E-state index is 13.4. The van der Waals surface area contributed by atoms with E-state index in [0.717, 1.165) is 25.3 Å². The Labute approximate surface area is 148 Å². The topological polar surface area (TPSA) is 55.1 Å². The van der Waals surface area contributed by atoms with Crippen molar-refractivity contribution in [3.05, 3.63) is 53.3 Å². The van der Waals surface area contributed by atoms with Gasteiger partial charge < -0.3 is 5.32 Å². The molecule has 1 N–H and O–H groups in total. The molecule has 3 aromatic rings. The molecule has 5 nitrogen and oxygen atoms in total. The molecule has 1 fully saturated rings. The van der Waals surface area contributed by atoms with Crippen LogP contribution in [-0.4, -0.2) is 25.9 Å². The van der Waals surface area contributed by atoms with Gasteiger partial charge in [-0.15, -0.1) is 15.3 Å². The van der Waals surface area contributed by atoms with E-state index in [2.05, 4.69) is 20.6 Å². The average Bonchev–Trinajstić information content (AvgIpc) is 3.21. The van der Waals surface area contributed by atoms with Crippen LogP contribution in [0.3, 0.4) is 0 Å². The average molecular weight is 361 g/mol. The van der Waals surface area contributed by atoms with Gasteiger partial charge in [0, 0.05) is 12.0 Å². The standard InChI is InChI=1S/C18H18F3N5/c1-11-23-24-17-10-9-16(25-26(11)17)22-15-8-4-6-13(15)12-5-2-3-7-14(12)18(19,20)21/h2-3,5,7,9-10,13,15H,4,6,8H2,1H3,(H,22,25). The van der Waals surface area contributed by atoms with Crippen LogP contribution in [0.1, 0.15) is 42.1 Å². The lowest BCUT2D eigenvalue weighted by Gasteiger charge is -2.24. The summed E-state index contributed by atoms with van der Waals surface area (Å²) in [6, 6.07) is 9.35. The molecule has 2 unspecified atom stereocenters. The van der Waals surface area contributed by atoms with E-state index >= 15 is 0 Å². The first kappa shape index (κ1) is 16.8. The van der Waals surface area contributed by atoms with Crippen molar-refractivity contribution in [3.63, 3.8) is 0 Å². The highest BCUT2D eigenvalue weighted by Gasteiger charge is 2.38. The molecule has 136 valence electrons. The molecule has 2 aromatic heterocycles. The Kier molecular flexibility index (Phi) is 4.05. The van der Waals surface area contributed by atoms with Crippen LogP contribution in [0.4, 0.5) is 19.0 Å².